The highest BCUT2D eigenvalue weighted by Crippen LogP contribution is 2.28. The second-order valence-corrected chi connectivity index (χ2v) is 4.50. The second-order valence-electron chi connectivity index (χ2n) is 4.50. The Balaban J connectivity index is 0.00000180. The number of halogens is 4. The van der Waals surface area contributed by atoms with Crippen molar-refractivity contribution in [3.8, 4) is 0 Å². The highest BCUT2D eigenvalue weighted by Gasteiger charge is 2.25. The molecule has 1 aliphatic rings. The summed E-state index contributed by atoms with van der Waals surface area (Å²) in [6, 6.07) is 1.43. The van der Waals surface area contributed by atoms with Crippen molar-refractivity contribution in [2.75, 3.05) is 26.2 Å². The van der Waals surface area contributed by atoms with Crippen molar-refractivity contribution < 1.29 is 13.2 Å². The second kappa shape index (κ2) is 7.12. The first-order valence-corrected chi connectivity index (χ1v) is 6.22. The predicted octanol–water partition coefficient (Wildman–Crippen LogP) is 2.88. The van der Waals surface area contributed by atoms with Gasteiger partial charge in [-0.05, 0) is 12.5 Å². The fourth-order valence-corrected chi connectivity index (χ4v) is 2.49. The van der Waals surface area contributed by atoms with E-state index in [0.717, 1.165) is 32.2 Å². The first kappa shape index (κ1) is 16.3. The molecule has 0 radical (unpaired) electrons. The van der Waals surface area contributed by atoms with Crippen molar-refractivity contribution in [2.45, 2.75) is 19.4 Å². The number of benzene rings is 1. The zero-order valence-electron chi connectivity index (χ0n) is 10.8. The van der Waals surface area contributed by atoms with E-state index in [-0.39, 0.29) is 24.0 Å². The van der Waals surface area contributed by atoms with Crippen LogP contribution in [0.25, 0.3) is 0 Å². The molecule has 1 aromatic carbocycles. The molecule has 1 heterocycles. The molecule has 0 saturated carbocycles. The van der Waals surface area contributed by atoms with Gasteiger partial charge in [0.05, 0.1) is 0 Å². The highest BCUT2D eigenvalue weighted by molar-refractivity contribution is 5.85. The van der Waals surface area contributed by atoms with Crippen LogP contribution in [-0.4, -0.2) is 31.1 Å². The van der Waals surface area contributed by atoms with E-state index < -0.39 is 17.5 Å². The largest absolute Gasteiger partial charge is 0.314 e. The Bertz CT molecular complexity index is 423. The van der Waals surface area contributed by atoms with Gasteiger partial charge in [-0.15, -0.1) is 12.4 Å². The van der Waals surface area contributed by atoms with Gasteiger partial charge in [0.15, 0.2) is 11.6 Å². The van der Waals surface area contributed by atoms with Crippen LogP contribution < -0.4 is 5.32 Å². The van der Waals surface area contributed by atoms with Crippen LogP contribution in [0.2, 0.25) is 0 Å². The van der Waals surface area contributed by atoms with E-state index in [1.807, 2.05) is 6.92 Å². The van der Waals surface area contributed by atoms with E-state index >= 15 is 0 Å². The summed E-state index contributed by atoms with van der Waals surface area (Å²) in [5.41, 5.74) is 0.122. The van der Waals surface area contributed by atoms with Crippen molar-refractivity contribution in [1.29, 1.82) is 0 Å². The van der Waals surface area contributed by atoms with Crippen molar-refractivity contribution in [1.82, 2.24) is 10.2 Å². The monoisotopic (exact) mass is 294 g/mol. The molecule has 0 aliphatic carbocycles. The quantitative estimate of drug-likeness (QED) is 0.863. The van der Waals surface area contributed by atoms with E-state index in [2.05, 4.69) is 10.2 Å². The summed E-state index contributed by atoms with van der Waals surface area (Å²) in [6.45, 7) is 5.05. The Labute approximate surface area is 117 Å². The van der Waals surface area contributed by atoms with Crippen LogP contribution in [0, 0.1) is 17.5 Å². The average molecular weight is 295 g/mol. The Hall–Kier alpha value is -0.780. The van der Waals surface area contributed by atoms with Crippen LogP contribution in [0.5, 0.6) is 0 Å². The molecule has 1 atom stereocenters. The number of nitrogens with one attached hydrogen (secondary N) is 1. The van der Waals surface area contributed by atoms with Gasteiger partial charge in [0.2, 0.25) is 0 Å². The van der Waals surface area contributed by atoms with Gasteiger partial charge >= 0.3 is 0 Å². The highest BCUT2D eigenvalue weighted by atomic mass is 35.5. The number of nitrogens with zero attached hydrogens (tertiary/aromatic N) is 1. The maximum atomic E-state index is 13.8. The third-order valence-corrected chi connectivity index (χ3v) is 3.36. The maximum Gasteiger partial charge on any atom is 0.163 e. The third kappa shape index (κ3) is 3.61. The van der Waals surface area contributed by atoms with Crippen molar-refractivity contribution in [3.63, 3.8) is 0 Å². The minimum Gasteiger partial charge on any atom is -0.314 e. The Kier molecular flexibility index (Phi) is 6.10. The van der Waals surface area contributed by atoms with Gasteiger partial charge in [0.25, 0.3) is 0 Å². The first-order chi connectivity index (χ1) is 8.63. The minimum absolute atomic E-state index is 0. The van der Waals surface area contributed by atoms with Gasteiger partial charge in [0.1, 0.15) is 5.82 Å². The summed E-state index contributed by atoms with van der Waals surface area (Å²) in [5, 5.41) is 3.20. The predicted molar refractivity (Wildman–Crippen MR) is 71.0 cm³/mol. The molecular formula is C13H18ClF3N2. The molecular weight excluding hydrogens is 277 g/mol. The number of hydrogen-bond donors (Lipinski definition) is 1. The molecule has 1 fully saturated rings. The molecule has 0 aromatic heterocycles. The summed E-state index contributed by atoms with van der Waals surface area (Å²) in [7, 11) is 0. The molecule has 6 heteroatoms. The lowest BCUT2D eigenvalue weighted by molar-refractivity contribution is 0.165. The standard InChI is InChI=1S/C13H17F3N2.ClH/c1-2-12(18-5-3-17-4-6-18)10-7-9(14)8-11(15)13(10)16;/h7-8,12,17H,2-6H2,1H3;1H/t12-;/m1./s1. The molecule has 1 saturated heterocycles. The topological polar surface area (TPSA) is 15.3 Å². The SMILES string of the molecule is CC[C@H](c1cc(F)cc(F)c1F)N1CCNCC1.Cl. The number of rotatable bonds is 3. The summed E-state index contributed by atoms with van der Waals surface area (Å²) in [4.78, 5) is 2.06. The van der Waals surface area contributed by atoms with E-state index in [4.69, 9.17) is 0 Å². The summed E-state index contributed by atoms with van der Waals surface area (Å²) in [6.07, 6.45) is 0.625. The lowest BCUT2D eigenvalue weighted by atomic mass is 10.0. The first-order valence-electron chi connectivity index (χ1n) is 6.22. The zero-order valence-corrected chi connectivity index (χ0v) is 11.6. The lowest BCUT2D eigenvalue weighted by Gasteiger charge is -2.34. The van der Waals surface area contributed by atoms with Gasteiger partial charge in [0, 0.05) is 43.9 Å². The third-order valence-electron chi connectivity index (χ3n) is 3.36. The summed E-state index contributed by atoms with van der Waals surface area (Å²) < 4.78 is 40.3. The van der Waals surface area contributed by atoms with Gasteiger partial charge in [-0.2, -0.15) is 0 Å². The average Bonchev–Trinajstić information content (AvgIpc) is 2.37. The van der Waals surface area contributed by atoms with E-state index in [9.17, 15) is 13.2 Å². The summed E-state index contributed by atoms with van der Waals surface area (Å²) >= 11 is 0. The van der Waals surface area contributed by atoms with E-state index in [1.165, 1.54) is 0 Å². The van der Waals surface area contributed by atoms with Crippen molar-refractivity contribution in [3.05, 3.63) is 35.1 Å². The van der Waals surface area contributed by atoms with Crippen molar-refractivity contribution in [2.24, 2.45) is 0 Å². The molecule has 108 valence electrons. The van der Waals surface area contributed by atoms with Crippen LogP contribution in [0.4, 0.5) is 13.2 Å². The van der Waals surface area contributed by atoms with Crippen LogP contribution in [0.3, 0.4) is 0 Å². The Morgan fingerprint density at radius 1 is 1.21 bits per heavy atom. The van der Waals surface area contributed by atoms with E-state index in [1.54, 1.807) is 0 Å². The molecule has 1 aromatic rings. The van der Waals surface area contributed by atoms with E-state index in [0.29, 0.717) is 12.5 Å². The lowest BCUT2D eigenvalue weighted by Crippen LogP contribution is -2.45. The molecule has 1 N–H and O–H groups in total. The molecule has 1 aliphatic heterocycles. The van der Waals surface area contributed by atoms with Crippen LogP contribution in [0.1, 0.15) is 24.9 Å². The minimum atomic E-state index is -1.11. The van der Waals surface area contributed by atoms with Crippen molar-refractivity contribution >= 4 is 12.4 Å². The van der Waals surface area contributed by atoms with Gasteiger partial charge in [-0.1, -0.05) is 6.92 Å². The molecule has 0 unspecified atom stereocenters. The molecule has 0 bridgehead atoms. The maximum absolute atomic E-state index is 13.8. The normalized spacial score (nSPS) is 17.9. The fourth-order valence-electron chi connectivity index (χ4n) is 2.49. The van der Waals surface area contributed by atoms with Gasteiger partial charge < -0.3 is 5.32 Å². The molecule has 2 rings (SSSR count). The zero-order chi connectivity index (χ0) is 13.1. The number of hydrogen-bond acceptors (Lipinski definition) is 2. The van der Waals surface area contributed by atoms with Gasteiger partial charge in [-0.25, -0.2) is 13.2 Å². The van der Waals surface area contributed by atoms with Crippen LogP contribution >= 0.6 is 12.4 Å². The van der Waals surface area contributed by atoms with Crippen LogP contribution in [0.15, 0.2) is 12.1 Å². The smallest absolute Gasteiger partial charge is 0.163 e. The fraction of sp³-hybridized carbons (Fsp3) is 0.538. The molecule has 0 amide bonds. The Morgan fingerprint density at radius 3 is 2.42 bits per heavy atom. The Morgan fingerprint density at radius 2 is 1.84 bits per heavy atom. The number of piperazine rings is 1. The summed E-state index contributed by atoms with van der Waals surface area (Å²) in [5.74, 6) is -2.77. The molecule has 2 nitrogen and oxygen atoms in total. The molecule has 0 spiro atoms. The molecule has 19 heavy (non-hydrogen) atoms. The van der Waals surface area contributed by atoms with Crippen LogP contribution in [-0.2, 0) is 0 Å². The van der Waals surface area contributed by atoms with Gasteiger partial charge in [-0.3, -0.25) is 4.90 Å².